The van der Waals surface area contributed by atoms with Crippen molar-refractivity contribution in [2.24, 2.45) is 11.3 Å². The van der Waals surface area contributed by atoms with E-state index in [1.54, 1.807) is 7.11 Å². The molecule has 1 aromatic rings. The van der Waals surface area contributed by atoms with Crippen LogP contribution in [0.1, 0.15) is 49.0 Å². The van der Waals surface area contributed by atoms with Crippen LogP contribution < -0.4 is 4.74 Å². The summed E-state index contributed by atoms with van der Waals surface area (Å²) in [5, 5.41) is 0. The van der Waals surface area contributed by atoms with Gasteiger partial charge in [-0.1, -0.05) is 31.9 Å². The van der Waals surface area contributed by atoms with Crippen LogP contribution in [0.3, 0.4) is 0 Å². The zero-order valence-corrected chi connectivity index (χ0v) is 11.7. The lowest BCUT2D eigenvalue weighted by molar-refractivity contribution is 0.0836. The van der Waals surface area contributed by atoms with Crippen molar-refractivity contribution in [2.75, 3.05) is 7.11 Å². The van der Waals surface area contributed by atoms with E-state index in [2.05, 4.69) is 13.8 Å². The average molecular weight is 246 g/mol. The molecule has 1 saturated carbocycles. The molecule has 0 amide bonds. The Hall–Kier alpha value is -1.31. The first-order chi connectivity index (χ1) is 8.45. The summed E-state index contributed by atoms with van der Waals surface area (Å²) in [6, 6.07) is 5.83. The van der Waals surface area contributed by atoms with Crippen molar-refractivity contribution >= 4 is 5.78 Å². The standard InChI is InChI=1S/C16H22O2/c1-11-7-8-14(18-4)12(10-11)15(17)13-6-5-9-16(13,2)3/h7-8,10,13H,5-6,9H2,1-4H3. The normalized spacial score (nSPS) is 21.9. The number of hydrogen-bond donors (Lipinski definition) is 0. The molecule has 1 aromatic carbocycles. The predicted molar refractivity (Wildman–Crippen MR) is 73.2 cm³/mol. The summed E-state index contributed by atoms with van der Waals surface area (Å²) < 4.78 is 5.33. The van der Waals surface area contributed by atoms with Crippen LogP contribution in [0.2, 0.25) is 0 Å². The van der Waals surface area contributed by atoms with E-state index in [1.807, 2.05) is 25.1 Å². The zero-order chi connectivity index (χ0) is 13.3. The average Bonchev–Trinajstić information content (AvgIpc) is 2.68. The Morgan fingerprint density at radius 3 is 2.67 bits per heavy atom. The fourth-order valence-electron chi connectivity index (χ4n) is 3.01. The van der Waals surface area contributed by atoms with Gasteiger partial charge in [0.15, 0.2) is 5.78 Å². The summed E-state index contributed by atoms with van der Waals surface area (Å²) in [4.78, 5) is 12.7. The van der Waals surface area contributed by atoms with Crippen LogP contribution >= 0.6 is 0 Å². The minimum Gasteiger partial charge on any atom is -0.496 e. The Morgan fingerprint density at radius 1 is 1.39 bits per heavy atom. The van der Waals surface area contributed by atoms with E-state index in [-0.39, 0.29) is 17.1 Å². The Balaban J connectivity index is 2.37. The molecule has 0 saturated heterocycles. The highest BCUT2D eigenvalue weighted by atomic mass is 16.5. The lowest BCUT2D eigenvalue weighted by atomic mass is 9.77. The molecule has 0 bridgehead atoms. The maximum atomic E-state index is 12.7. The van der Waals surface area contributed by atoms with Crippen molar-refractivity contribution in [3.05, 3.63) is 29.3 Å². The van der Waals surface area contributed by atoms with Gasteiger partial charge in [0.25, 0.3) is 0 Å². The van der Waals surface area contributed by atoms with E-state index < -0.39 is 0 Å². The van der Waals surface area contributed by atoms with Gasteiger partial charge >= 0.3 is 0 Å². The quantitative estimate of drug-likeness (QED) is 0.753. The number of ether oxygens (including phenoxy) is 1. The van der Waals surface area contributed by atoms with Crippen LogP contribution in [0, 0.1) is 18.3 Å². The van der Waals surface area contributed by atoms with Gasteiger partial charge in [0.1, 0.15) is 5.75 Å². The number of aryl methyl sites for hydroxylation is 1. The summed E-state index contributed by atoms with van der Waals surface area (Å²) in [5.41, 5.74) is 1.97. The lowest BCUT2D eigenvalue weighted by Crippen LogP contribution is -2.26. The molecule has 1 fully saturated rings. The van der Waals surface area contributed by atoms with E-state index in [1.165, 1.54) is 0 Å². The van der Waals surface area contributed by atoms with E-state index in [4.69, 9.17) is 4.74 Å². The van der Waals surface area contributed by atoms with Crippen molar-refractivity contribution < 1.29 is 9.53 Å². The van der Waals surface area contributed by atoms with Gasteiger partial charge in [-0.2, -0.15) is 0 Å². The van der Waals surface area contributed by atoms with E-state index in [9.17, 15) is 4.79 Å². The molecule has 0 spiro atoms. The van der Waals surface area contributed by atoms with Crippen molar-refractivity contribution in [3.63, 3.8) is 0 Å². The van der Waals surface area contributed by atoms with Crippen LogP contribution in [-0.2, 0) is 0 Å². The second-order valence-electron chi connectivity index (χ2n) is 6.00. The van der Waals surface area contributed by atoms with Gasteiger partial charge in [0, 0.05) is 5.92 Å². The van der Waals surface area contributed by atoms with Crippen molar-refractivity contribution in [3.8, 4) is 5.75 Å². The van der Waals surface area contributed by atoms with Gasteiger partial charge in [0.05, 0.1) is 12.7 Å². The molecule has 0 aromatic heterocycles. The molecule has 1 unspecified atom stereocenters. The maximum Gasteiger partial charge on any atom is 0.170 e. The largest absolute Gasteiger partial charge is 0.496 e. The Bertz CT molecular complexity index is 460. The second-order valence-corrected chi connectivity index (χ2v) is 6.00. The Kier molecular flexibility index (Phi) is 3.47. The van der Waals surface area contributed by atoms with E-state index >= 15 is 0 Å². The van der Waals surface area contributed by atoms with Crippen molar-refractivity contribution in [1.29, 1.82) is 0 Å². The molecule has 0 heterocycles. The third kappa shape index (κ3) is 2.29. The molecule has 18 heavy (non-hydrogen) atoms. The first-order valence-corrected chi connectivity index (χ1v) is 6.64. The molecule has 1 aliphatic rings. The highest BCUT2D eigenvalue weighted by Gasteiger charge is 2.40. The molecule has 0 aliphatic heterocycles. The number of carbonyl (C=O) groups excluding carboxylic acids is 1. The summed E-state index contributed by atoms with van der Waals surface area (Å²) in [7, 11) is 1.63. The van der Waals surface area contributed by atoms with Gasteiger partial charge < -0.3 is 4.74 Å². The van der Waals surface area contributed by atoms with Crippen LogP contribution in [0.4, 0.5) is 0 Å². The number of hydrogen-bond acceptors (Lipinski definition) is 2. The smallest absolute Gasteiger partial charge is 0.170 e. The fourth-order valence-corrected chi connectivity index (χ4v) is 3.01. The van der Waals surface area contributed by atoms with Crippen LogP contribution in [0.5, 0.6) is 5.75 Å². The molecule has 1 atom stereocenters. The van der Waals surface area contributed by atoms with Gasteiger partial charge in [-0.3, -0.25) is 4.79 Å². The molecule has 2 heteroatoms. The SMILES string of the molecule is COc1ccc(C)cc1C(=O)C1CCCC1(C)C. The van der Waals surface area contributed by atoms with Crippen molar-refractivity contribution in [2.45, 2.75) is 40.0 Å². The molecule has 2 nitrogen and oxygen atoms in total. The van der Waals surface area contributed by atoms with Crippen LogP contribution in [0.15, 0.2) is 18.2 Å². The third-order valence-corrected chi connectivity index (χ3v) is 4.19. The molecular formula is C16H22O2. The second kappa shape index (κ2) is 4.75. The maximum absolute atomic E-state index is 12.7. The minimum atomic E-state index is 0.117. The first kappa shape index (κ1) is 13.1. The number of ketones is 1. The predicted octanol–water partition coefficient (Wildman–Crippen LogP) is 4.01. The third-order valence-electron chi connectivity index (χ3n) is 4.19. The van der Waals surface area contributed by atoms with Crippen molar-refractivity contribution in [1.82, 2.24) is 0 Å². The summed E-state index contributed by atoms with van der Waals surface area (Å²) in [5.74, 6) is 1.08. The summed E-state index contributed by atoms with van der Waals surface area (Å²) >= 11 is 0. The van der Waals surface area contributed by atoms with Crippen LogP contribution in [-0.4, -0.2) is 12.9 Å². The number of benzene rings is 1. The van der Waals surface area contributed by atoms with Gasteiger partial charge in [-0.05, 0) is 37.3 Å². The molecule has 98 valence electrons. The lowest BCUT2D eigenvalue weighted by Gasteiger charge is -2.26. The van der Waals surface area contributed by atoms with Crippen LogP contribution in [0.25, 0.3) is 0 Å². The molecule has 2 rings (SSSR count). The Labute approximate surface area is 109 Å². The topological polar surface area (TPSA) is 26.3 Å². The molecule has 0 N–H and O–H groups in total. The van der Waals surface area contributed by atoms with E-state index in [0.29, 0.717) is 5.75 Å². The van der Waals surface area contributed by atoms with Gasteiger partial charge in [-0.15, -0.1) is 0 Å². The monoisotopic (exact) mass is 246 g/mol. The first-order valence-electron chi connectivity index (χ1n) is 6.64. The van der Waals surface area contributed by atoms with Gasteiger partial charge in [-0.25, -0.2) is 0 Å². The van der Waals surface area contributed by atoms with Gasteiger partial charge in [0.2, 0.25) is 0 Å². The minimum absolute atomic E-state index is 0.117. The highest BCUT2D eigenvalue weighted by molar-refractivity contribution is 6.01. The van der Waals surface area contributed by atoms with E-state index in [0.717, 1.165) is 30.4 Å². The summed E-state index contributed by atoms with van der Waals surface area (Å²) in [6.07, 6.45) is 3.29. The highest BCUT2D eigenvalue weighted by Crippen LogP contribution is 2.45. The number of methoxy groups -OCH3 is 1. The fraction of sp³-hybridized carbons (Fsp3) is 0.562. The molecular weight excluding hydrogens is 224 g/mol. The molecule has 0 radical (unpaired) electrons. The number of rotatable bonds is 3. The zero-order valence-electron chi connectivity index (χ0n) is 11.7. The molecule has 1 aliphatic carbocycles. The number of carbonyl (C=O) groups is 1. The number of Topliss-reactive ketones (excluding diaryl/α,β-unsaturated/α-hetero) is 1. The summed E-state index contributed by atoms with van der Waals surface area (Å²) in [6.45, 7) is 6.41. The Morgan fingerprint density at radius 2 is 2.11 bits per heavy atom.